The number of nitrogens with zero attached hydrogens (tertiary/aromatic N) is 3. The van der Waals surface area contributed by atoms with Crippen LogP contribution >= 0.6 is 23.2 Å². The number of piperidine rings is 1. The third-order valence-electron chi connectivity index (χ3n) is 7.24. The molecule has 0 spiro atoms. The number of piperazine rings is 1. The molecule has 0 radical (unpaired) electrons. The molecule has 0 saturated carbocycles. The molecule has 33 heavy (non-hydrogen) atoms. The van der Waals surface area contributed by atoms with Gasteiger partial charge in [-0.15, -0.1) is 0 Å². The molecule has 3 saturated heterocycles. The quantitative estimate of drug-likeness (QED) is 0.691. The van der Waals surface area contributed by atoms with Gasteiger partial charge in [-0.2, -0.15) is 0 Å². The second-order valence-corrected chi connectivity index (χ2v) is 10.8. The fraction of sp³-hybridized carbons (Fsp3) is 0.480. The Hall–Kier alpha value is -1.83. The van der Waals surface area contributed by atoms with Crippen LogP contribution in [0.25, 0.3) is 0 Å². The zero-order valence-electron chi connectivity index (χ0n) is 18.7. The van der Waals surface area contributed by atoms with E-state index in [1.165, 1.54) is 0 Å². The van der Waals surface area contributed by atoms with Crippen LogP contribution in [0.2, 0.25) is 10.0 Å². The predicted octanol–water partition coefficient (Wildman–Crippen LogP) is 3.37. The van der Waals surface area contributed by atoms with Crippen molar-refractivity contribution in [2.45, 2.75) is 37.0 Å². The van der Waals surface area contributed by atoms with Crippen LogP contribution in [-0.2, 0) is 5.60 Å². The lowest BCUT2D eigenvalue weighted by molar-refractivity contribution is -0.0740. The van der Waals surface area contributed by atoms with Gasteiger partial charge in [-0.05, 0) is 49.6 Å². The van der Waals surface area contributed by atoms with Crippen molar-refractivity contribution in [3.05, 3.63) is 63.6 Å². The molecule has 0 aromatic heterocycles. The number of fused-ring (bicyclic) bond motifs is 1. The van der Waals surface area contributed by atoms with Crippen molar-refractivity contribution in [2.75, 3.05) is 44.2 Å². The lowest BCUT2D eigenvalue weighted by atomic mass is 9.82. The lowest BCUT2D eigenvalue weighted by Crippen LogP contribution is -2.61. The van der Waals surface area contributed by atoms with Crippen molar-refractivity contribution in [3.8, 4) is 0 Å². The third-order valence-corrected chi connectivity index (χ3v) is 7.89. The minimum absolute atomic E-state index is 0.0627. The largest absolute Gasteiger partial charge is 0.386 e. The summed E-state index contributed by atoms with van der Waals surface area (Å²) in [5, 5.41) is 22.5. The minimum atomic E-state index is -0.899. The molecule has 3 aliphatic rings. The highest BCUT2D eigenvalue weighted by molar-refractivity contribution is 6.36. The van der Waals surface area contributed by atoms with Gasteiger partial charge in [0, 0.05) is 50.3 Å². The number of anilines is 1. The summed E-state index contributed by atoms with van der Waals surface area (Å²) in [6, 6.07) is 13.2. The molecule has 2 N–H and O–H groups in total. The molecule has 3 aliphatic heterocycles. The Labute approximate surface area is 204 Å². The SMILES string of the molecule is CC1(O)CN(c2cccc(C(=O)N3CCN4C[C@@](O)(c5ccc(Cl)cc5)CC[C@@H]4C3)c2Cl)C1. The normalized spacial score (nSPS) is 27.1. The van der Waals surface area contributed by atoms with Crippen molar-refractivity contribution in [2.24, 2.45) is 0 Å². The lowest BCUT2D eigenvalue weighted by Gasteiger charge is -2.49. The molecular formula is C25H29Cl2N3O3. The molecule has 0 unspecified atom stereocenters. The van der Waals surface area contributed by atoms with Gasteiger partial charge >= 0.3 is 0 Å². The van der Waals surface area contributed by atoms with Crippen LogP contribution in [0.15, 0.2) is 42.5 Å². The van der Waals surface area contributed by atoms with E-state index in [9.17, 15) is 15.0 Å². The van der Waals surface area contributed by atoms with Crippen molar-refractivity contribution in [3.63, 3.8) is 0 Å². The Bertz CT molecular complexity index is 1050. The molecule has 0 aliphatic carbocycles. The van der Waals surface area contributed by atoms with Crippen molar-refractivity contribution >= 4 is 34.8 Å². The van der Waals surface area contributed by atoms with Gasteiger partial charge in [0.15, 0.2) is 0 Å². The van der Waals surface area contributed by atoms with Crippen LogP contribution in [0.5, 0.6) is 0 Å². The fourth-order valence-corrected chi connectivity index (χ4v) is 5.87. The van der Waals surface area contributed by atoms with E-state index in [4.69, 9.17) is 23.2 Å². The Morgan fingerprint density at radius 2 is 1.76 bits per heavy atom. The van der Waals surface area contributed by atoms with E-state index in [1.54, 1.807) is 13.0 Å². The van der Waals surface area contributed by atoms with Gasteiger partial charge in [-0.3, -0.25) is 9.69 Å². The maximum absolute atomic E-state index is 13.4. The molecular weight excluding hydrogens is 461 g/mol. The number of rotatable bonds is 3. The second-order valence-electron chi connectivity index (χ2n) is 9.94. The first-order valence-corrected chi connectivity index (χ1v) is 12.2. The Morgan fingerprint density at radius 3 is 2.45 bits per heavy atom. The van der Waals surface area contributed by atoms with E-state index in [0.29, 0.717) is 61.3 Å². The van der Waals surface area contributed by atoms with Crippen molar-refractivity contribution in [1.82, 2.24) is 9.80 Å². The number of hydrogen-bond acceptors (Lipinski definition) is 5. The third kappa shape index (κ3) is 4.35. The molecule has 5 rings (SSSR count). The maximum atomic E-state index is 13.4. The fourth-order valence-electron chi connectivity index (χ4n) is 5.42. The van der Waals surface area contributed by atoms with E-state index in [1.807, 2.05) is 46.2 Å². The second kappa shape index (κ2) is 8.43. The zero-order chi connectivity index (χ0) is 23.4. The van der Waals surface area contributed by atoms with E-state index >= 15 is 0 Å². The van der Waals surface area contributed by atoms with Crippen LogP contribution in [-0.4, -0.2) is 76.8 Å². The summed E-state index contributed by atoms with van der Waals surface area (Å²) in [6.45, 7) is 5.26. The average Bonchev–Trinajstić information content (AvgIpc) is 2.77. The molecule has 1 amide bonds. The maximum Gasteiger partial charge on any atom is 0.255 e. The standard InChI is InChI=1S/C25H29Cl2N3O3/c1-24(32)14-30(15-24)21-4-2-3-20(22(21)27)23(31)28-11-12-29-16-25(33,10-9-19(29)13-28)17-5-7-18(26)8-6-17/h2-8,19,32-33H,9-16H2,1H3/t19-,25-/m1/s1. The smallest absolute Gasteiger partial charge is 0.255 e. The monoisotopic (exact) mass is 489 g/mol. The van der Waals surface area contributed by atoms with E-state index < -0.39 is 11.2 Å². The molecule has 2 aromatic carbocycles. The van der Waals surface area contributed by atoms with Gasteiger partial charge in [-0.1, -0.05) is 41.4 Å². The first-order chi connectivity index (χ1) is 15.7. The number of amides is 1. The van der Waals surface area contributed by atoms with Gasteiger partial charge < -0.3 is 20.0 Å². The van der Waals surface area contributed by atoms with Crippen molar-refractivity contribution in [1.29, 1.82) is 0 Å². The van der Waals surface area contributed by atoms with E-state index in [0.717, 1.165) is 17.7 Å². The number of aliphatic hydroxyl groups is 2. The summed E-state index contributed by atoms with van der Waals surface area (Å²) in [7, 11) is 0. The summed E-state index contributed by atoms with van der Waals surface area (Å²) in [4.78, 5) is 19.5. The highest BCUT2D eigenvalue weighted by Gasteiger charge is 2.43. The Kier molecular flexibility index (Phi) is 5.86. The van der Waals surface area contributed by atoms with Gasteiger partial charge in [0.25, 0.3) is 5.91 Å². The Morgan fingerprint density at radius 1 is 1.03 bits per heavy atom. The molecule has 3 heterocycles. The van der Waals surface area contributed by atoms with E-state index in [2.05, 4.69) is 4.90 Å². The van der Waals surface area contributed by atoms with Crippen LogP contribution in [0.4, 0.5) is 5.69 Å². The molecule has 8 heteroatoms. The minimum Gasteiger partial charge on any atom is -0.386 e. The van der Waals surface area contributed by atoms with Crippen LogP contribution in [0, 0.1) is 0 Å². The zero-order valence-corrected chi connectivity index (χ0v) is 20.2. The number of β-amino-alcohol motifs (C(OH)–C–C–N with tert-alkyl or cyclic N) is 1. The summed E-state index contributed by atoms with van der Waals surface area (Å²) >= 11 is 12.7. The molecule has 2 atom stereocenters. The van der Waals surface area contributed by atoms with Crippen molar-refractivity contribution < 1.29 is 15.0 Å². The first kappa shape index (κ1) is 22.9. The molecule has 176 valence electrons. The molecule has 3 fully saturated rings. The van der Waals surface area contributed by atoms with Crippen LogP contribution < -0.4 is 4.90 Å². The molecule has 0 bridgehead atoms. The summed E-state index contributed by atoms with van der Waals surface area (Å²) in [5.41, 5.74) is 0.566. The van der Waals surface area contributed by atoms with E-state index in [-0.39, 0.29) is 11.9 Å². The highest BCUT2D eigenvalue weighted by atomic mass is 35.5. The van der Waals surface area contributed by atoms with Gasteiger partial charge in [0.1, 0.15) is 5.60 Å². The highest BCUT2D eigenvalue weighted by Crippen LogP contribution is 2.38. The summed E-state index contributed by atoms with van der Waals surface area (Å²) in [5.74, 6) is -0.0627. The number of benzene rings is 2. The van der Waals surface area contributed by atoms with Gasteiger partial charge in [-0.25, -0.2) is 0 Å². The van der Waals surface area contributed by atoms with Gasteiger partial charge in [0.2, 0.25) is 0 Å². The Balaban J connectivity index is 1.27. The number of carbonyl (C=O) groups excluding carboxylic acids is 1. The first-order valence-electron chi connectivity index (χ1n) is 11.4. The van der Waals surface area contributed by atoms with Gasteiger partial charge in [0.05, 0.1) is 21.9 Å². The topological polar surface area (TPSA) is 67.2 Å². The molecule has 2 aromatic rings. The number of carbonyl (C=O) groups is 1. The van der Waals surface area contributed by atoms with Crippen LogP contribution in [0.1, 0.15) is 35.7 Å². The molecule has 6 nitrogen and oxygen atoms in total. The average molecular weight is 490 g/mol. The van der Waals surface area contributed by atoms with Crippen LogP contribution in [0.3, 0.4) is 0 Å². The summed E-state index contributed by atoms with van der Waals surface area (Å²) < 4.78 is 0. The predicted molar refractivity (Wildman–Crippen MR) is 130 cm³/mol. The number of hydrogen-bond donors (Lipinski definition) is 2. The number of halogens is 2. The summed E-state index contributed by atoms with van der Waals surface area (Å²) in [6.07, 6.45) is 1.45.